The highest BCUT2D eigenvalue weighted by Gasteiger charge is 2.33. The van der Waals surface area contributed by atoms with Crippen LogP contribution in [0, 0.1) is 18.8 Å². The molecule has 1 aliphatic heterocycles. The molecule has 0 N–H and O–H groups in total. The fraction of sp³-hybridized carbons (Fsp3) is 0.533. The quantitative estimate of drug-likeness (QED) is 0.767. The number of hydrogen-bond acceptors (Lipinski definition) is 1. The molecule has 3 rings (SSSR count). The Hall–Kier alpha value is -1.09. The molecule has 2 aromatic heterocycles. The molecule has 2 unspecified atom stereocenters. The molecule has 0 saturated heterocycles. The number of nitrogens with zero attached hydrogens (tertiary/aromatic N) is 2. The first-order valence-electron chi connectivity index (χ1n) is 6.76. The van der Waals surface area contributed by atoms with E-state index < -0.39 is 6.17 Å². The van der Waals surface area contributed by atoms with Gasteiger partial charge in [-0.05, 0) is 36.8 Å². The maximum Gasteiger partial charge on any atom is 0.140 e. The molecule has 0 radical (unpaired) electrons. The Morgan fingerprint density at radius 1 is 1.47 bits per heavy atom. The molecule has 0 fully saturated rings. The number of fused-ring (bicyclic) bond motifs is 3. The SMILES string of the molecule is Cc1c2n(c3ncc(Cl)cc13)CC(F)C(C(C)C)C2. The monoisotopic (exact) mass is 280 g/mol. The molecule has 2 aromatic rings. The molecule has 2 nitrogen and oxygen atoms in total. The van der Waals surface area contributed by atoms with Gasteiger partial charge in [-0.25, -0.2) is 9.37 Å². The number of halogens is 2. The van der Waals surface area contributed by atoms with Crippen LogP contribution < -0.4 is 0 Å². The summed E-state index contributed by atoms with van der Waals surface area (Å²) in [7, 11) is 0. The summed E-state index contributed by atoms with van der Waals surface area (Å²) in [6, 6.07) is 1.93. The minimum Gasteiger partial charge on any atom is -0.326 e. The topological polar surface area (TPSA) is 17.8 Å². The number of pyridine rings is 1. The number of alkyl halides is 1. The summed E-state index contributed by atoms with van der Waals surface area (Å²) in [5.74, 6) is 0.462. The first-order chi connectivity index (χ1) is 8.99. The van der Waals surface area contributed by atoms with Crippen molar-refractivity contribution in [1.29, 1.82) is 0 Å². The van der Waals surface area contributed by atoms with E-state index in [9.17, 15) is 4.39 Å². The first kappa shape index (κ1) is 12.9. The number of aromatic nitrogens is 2. The normalized spacial score (nSPS) is 23.1. The largest absolute Gasteiger partial charge is 0.326 e. The summed E-state index contributed by atoms with van der Waals surface area (Å²) in [5.41, 5.74) is 3.28. The zero-order valence-electron chi connectivity index (χ0n) is 11.5. The fourth-order valence-electron chi connectivity index (χ4n) is 3.18. The van der Waals surface area contributed by atoms with E-state index in [2.05, 4.69) is 25.8 Å². The standard InChI is InChI=1S/C15H18ClFN2/c1-8(2)11-5-14-9(3)12-4-10(16)6-18-15(12)19(14)7-13(11)17/h4,6,8,11,13H,5,7H2,1-3H3. The molecule has 0 aliphatic carbocycles. The predicted molar refractivity (Wildman–Crippen MR) is 76.4 cm³/mol. The number of rotatable bonds is 1. The molecule has 102 valence electrons. The van der Waals surface area contributed by atoms with Gasteiger partial charge in [-0.2, -0.15) is 0 Å². The smallest absolute Gasteiger partial charge is 0.140 e. The highest BCUT2D eigenvalue weighted by molar-refractivity contribution is 6.31. The lowest BCUT2D eigenvalue weighted by atomic mass is 9.84. The third-order valence-corrected chi connectivity index (χ3v) is 4.57. The minimum absolute atomic E-state index is 0.103. The zero-order valence-corrected chi connectivity index (χ0v) is 12.2. The number of hydrogen-bond donors (Lipinski definition) is 0. The molecule has 0 bridgehead atoms. The van der Waals surface area contributed by atoms with Crippen molar-refractivity contribution in [3.63, 3.8) is 0 Å². The van der Waals surface area contributed by atoms with Crippen LogP contribution in [-0.4, -0.2) is 15.7 Å². The van der Waals surface area contributed by atoms with Gasteiger partial charge in [0.1, 0.15) is 11.8 Å². The Morgan fingerprint density at radius 3 is 2.89 bits per heavy atom. The molecule has 2 atom stereocenters. The van der Waals surface area contributed by atoms with Crippen LogP contribution in [0.15, 0.2) is 12.3 Å². The van der Waals surface area contributed by atoms with Gasteiger partial charge in [-0.1, -0.05) is 25.4 Å². The predicted octanol–water partition coefficient (Wildman–Crippen LogP) is 4.16. The van der Waals surface area contributed by atoms with Crippen LogP contribution in [0.3, 0.4) is 0 Å². The molecule has 0 saturated carbocycles. The van der Waals surface area contributed by atoms with Gasteiger partial charge < -0.3 is 4.57 Å². The Labute approximate surface area is 117 Å². The maximum atomic E-state index is 14.3. The zero-order chi connectivity index (χ0) is 13.7. The summed E-state index contributed by atoms with van der Waals surface area (Å²) in [6.07, 6.45) is 1.64. The van der Waals surface area contributed by atoms with Gasteiger partial charge in [0.2, 0.25) is 0 Å². The second kappa shape index (κ2) is 4.48. The first-order valence-corrected chi connectivity index (χ1v) is 7.14. The van der Waals surface area contributed by atoms with E-state index in [4.69, 9.17) is 11.6 Å². The summed E-state index contributed by atoms with van der Waals surface area (Å²) in [5, 5.41) is 1.69. The lowest BCUT2D eigenvalue weighted by Gasteiger charge is -2.31. The molecule has 0 spiro atoms. The van der Waals surface area contributed by atoms with Crippen molar-refractivity contribution in [3.05, 3.63) is 28.5 Å². The van der Waals surface area contributed by atoms with E-state index in [1.54, 1.807) is 6.20 Å². The van der Waals surface area contributed by atoms with Crippen LogP contribution in [0.25, 0.3) is 11.0 Å². The number of aryl methyl sites for hydroxylation is 1. The van der Waals surface area contributed by atoms with Crippen LogP contribution in [-0.2, 0) is 13.0 Å². The fourth-order valence-corrected chi connectivity index (χ4v) is 3.34. The van der Waals surface area contributed by atoms with Gasteiger partial charge in [-0.15, -0.1) is 0 Å². The summed E-state index contributed by atoms with van der Waals surface area (Å²) >= 11 is 6.02. The Bertz CT molecular complexity index is 633. The van der Waals surface area contributed by atoms with E-state index in [0.717, 1.165) is 17.5 Å². The Kier molecular flexibility index (Phi) is 3.05. The highest BCUT2D eigenvalue weighted by atomic mass is 35.5. The van der Waals surface area contributed by atoms with Gasteiger partial charge in [0, 0.05) is 17.3 Å². The second-order valence-electron chi connectivity index (χ2n) is 5.83. The third kappa shape index (κ3) is 1.95. The van der Waals surface area contributed by atoms with Crippen LogP contribution >= 0.6 is 11.6 Å². The maximum absolute atomic E-state index is 14.3. The molecule has 1 aliphatic rings. The molecule has 0 amide bonds. The molecular formula is C15H18ClFN2. The highest BCUT2D eigenvalue weighted by Crippen LogP contribution is 2.35. The van der Waals surface area contributed by atoms with Crippen molar-refractivity contribution in [2.75, 3.05) is 0 Å². The molecule has 0 aromatic carbocycles. The third-order valence-electron chi connectivity index (χ3n) is 4.36. The van der Waals surface area contributed by atoms with Gasteiger partial charge in [0.15, 0.2) is 0 Å². The molecule has 3 heterocycles. The van der Waals surface area contributed by atoms with Gasteiger partial charge in [0.25, 0.3) is 0 Å². The van der Waals surface area contributed by atoms with E-state index in [0.29, 0.717) is 17.5 Å². The summed E-state index contributed by atoms with van der Waals surface area (Å²) in [4.78, 5) is 4.38. The summed E-state index contributed by atoms with van der Waals surface area (Å²) in [6.45, 7) is 6.69. The van der Waals surface area contributed by atoms with Crippen molar-refractivity contribution in [3.8, 4) is 0 Å². The average Bonchev–Trinajstić information content (AvgIpc) is 2.61. The van der Waals surface area contributed by atoms with E-state index >= 15 is 0 Å². The van der Waals surface area contributed by atoms with Crippen LogP contribution in [0.1, 0.15) is 25.1 Å². The van der Waals surface area contributed by atoms with Gasteiger partial charge in [-0.3, -0.25) is 0 Å². The van der Waals surface area contributed by atoms with Crippen molar-refractivity contribution in [1.82, 2.24) is 9.55 Å². The van der Waals surface area contributed by atoms with E-state index in [1.165, 1.54) is 11.3 Å². The van der Waals surface area contributed by atoms with Crippen LogP contribution in [0.5, 0.6) is 0 Å². The van der Waals surface area contributed by atoms with Crippen molar-refractivity contribution >= 4 is 22.6 Å². The minimum atomic E-state index is -0.792. The average molecular weight is 281 g/mol. The van der Waals surface area contributed by atoms with Crippen molar-refractivity contribution in [2.45, 2.75) is 39.9 Å². The molecule has 19 heavy (non-hydrogen) atoms. The van der Waals surface area contributed by atoms with Crippen molar-refractivity contribution in [2.24, 2.45) is 11.8 Å². The lowest BCUT2D eigenvalue weighted by Crippen LogP contribution is -2.34. The summed E-state index contributed by atoms with van der Waals surface area (Å²) < 4.78 is 16.4. The Balaban J connectivity index is 2.18. The lowest BCUT2D eigenvalue weighted by molar-refractivity contribution is 0.138. The Morgan fingerprint density at radius 2 is 2.21 bits per heavy atom. The van der Waals surface area contributed by atoms with Crippen LogP contribution in [0.2, 0.25) is 5.02 Å². The van der Waals surface area contributed by atoms with Crippen molar-refractivity contribution < 1.29 is 4.39 Å². The molecule has 4 heteroatoms. The van der Waals surface area contributed by atoms with Gasteiger partial charge >= 0.3 is 0 Å². The van der Waals surface area contributed by atoms with Gasteiger partial charge in [0.05, 0.1) is 11.6 Å². The second-order valence-corrected chi connectivity index (χ2v) is 6.27. The van der Waals surface area contributed by atoms with E-state index in [-0.39, 0.29) is 5.92 Å². The van der Waals surface area contributed by atoms with Crippen LogP contribution in [0.4, 0.5) is 4.39 Å². The van der Waals surface area contributed by atoms with E-state index in [1.807, 2.05) is 10.6 Å². The molecular weight excluding hydrogens is 263 g/mol.